The first-order chi connectivity index (χ1) is 9.46. The van der Waals surface area contributed by atoms with Gasteiger partial charge in [0.2, 0.25) is 0 Å². The summed E-state index contributed by atoms with van der Waals surface area (Å²) in [5.74, 6) is 0.683. The number of nitrogens with zero attached hydrogens (tertiary/aromatic N) is 1. The van der Waals surface area contributed by atoms with Crippen LogP contribution < -0.4 is 0 Å². The number of rotatable bonds is 4. The zero-order valence-corrected chi connectivity index (χ0v) is 12.1. The Balaban J connectivity index is 2.49. The molecule has 104 valence electrons. The summed E-state index contributed by atoms with van der Waals surface area (Å²) in [5.41, 5.74) is 1.94. The Morgan fingerprint density at radius 1 is 1.15 bits per heavy atom. The lowest BCUT2D eigenvalue weighted by atomic mass is 10.1. The van der Waals surface area contributed by atoms with Gasteiger partial charge in [0.25, 0.3) is 10.0 Å². The first kappa shape index (κ1) is 14.3. The van der Waals surface area contributed by atoms with Gasteiger partial charge in [-0.15, -0.1) is 0 Å². The molecule has 1 aromatic carbocycles. The lowest BCUT2D eigenvalue weighted by Gasteiger charge is -2.03. The van der Waals surface area contributed by atoms with E-state index in [1.807, 2.05) is 43.3 Å². The third-order valence-corrected chi connectivity index (χ3v) is 3.13. The molecule has 0 unspecified atom stereocenters. The van der Waals surface area contributed by atoms with Crippen LogP contribution in [0, 0.1) is 0 Å². The van der Waals surface area contributed by atoms with Crippen molar-refractivity contribution >= 4 is 21.3 Å². The third-order valence-electron chi connectivity index (χ3n) is 2.60. The lowest BCUT2D eigenvalue weighted by molar-refractivity contribution is 0.553. The molecule has 0 N–H and O–H groups in total. The molecule has 0 amide bonds. The summed E-state index contributed by atoms with van der Waals surface area (Å²) in [6, 6.07) is 12.8. The Labute approximate surface area is 118 Å². The average molecular weight is 289 g/mol. The topological polar surface area (TPSA) is 59.6 Å². The van der Waals surface area contributed by atoms with Crippen LogP contribution >= 0.6 is 0 Å². The normalized spacial score (nSPS) is 13.5. The van der Waals surface area contributed by atoms with Crippen molar-refractivity contribution in [3.63, 3.8) is 0 Å². The number of benzene rings is 1. The van der Waals surface area contributed by atoms with Crippen LogP contribution in [-0.4, -0.2) is 20.4 Å². The molecule has 0 aliphatic heterocycles. The smallest absolute Gasteiger partial charge is 0.250 e. The maximum atomic E-state index is 11.4. The van der Waals surface area contributed by atoms with Crippen LogP contribution in [-0.2, 0) is 10.0 Å². The highest BCUT2D eigenvalue weighted by molar-refractivity contribution is 7.89. The minimum atomic E-state index is -3.47. The van der Waals surface area contributed by atoms with Gasteiger partial charge in [-0.1, -0.05) is 30.3 Å². The Hall–Kier alpha value is -2.14. The quantitative estimate of drug-likeness (QED) is 0.812. The molecular weight excluding hydrogens is 274 g/mol. The zero-order chi connectivity index (χ0) is 14.6. The first-order valence-corrected chi connectivity index (χ1v) is 7.88. The molecule has 0 spiro atoms. The van der Waals surface area contributed by atoms with E-state index < -0.39 is 10.0 Å². The second-order valence-electron chi connectivity index (χ2n) is 4.38. The van der Waals surface area contributed by atoms with Crippen LogP contribution in [0.1, 0.15) is 18.2 Å². The molecule has 0 saturated carbocycles. The summed E-state index contributed by atoms with van der Waals surface area (Å²) in [4.78, 5) is 0. The van der Waals surface area contributed by atoms with Gasteiger partial charge in [-0.2, -0.15) is 4.40 Å². The van der Waals surface area contributed by atoms with Crippen LogP contribution in [0.5, 0.6) is 0 Å². The minimum Gasteiger partial charge on any atom is -0.465 e. The number of hydrogen-bond donors (Lipinski definition) is 0. The summed E-state index contributed by atoms with van der Waals surface area (Å²) >= 11 is 0. The van der Waals surface area contributed by atoms with Gasteiger partial charge in [0, 0.05) is 5.56 Å². The number of hydrogen-bond acceptors (Lipinski definition) is 3. The highest BCUT2D eigenvalue weighted by Gasteiger charge is 2.07. The van der Waals surface area contributed by atoms with Crippen LogP contribution in [0.2, 0.25) is 0 Å². The SMILES string of the molecule is C/C(=C\C(=N\S(C)(=O)=O)c1ccccc1)c1ccco1. The fourth-order valence-corrected chi connectivity index (χ4v) is 2.24. The van der Waals surface area contributed by atoms with Crippen molar-refractivity contribution in [3.8, 4) is 0 Å². The molecule has 4 nitrogen and oxygen atoms in total. The van der Waals surface area contributed by atoms with Crippen molar-refractivity contribution in [1.82, 2.24) is 0 Å². The molecule has 2 rings (SSSR count). The second kappa shape index (κ2) is 5.88. The second-order valence-corrected chi connectivity index (χ2v) is 6.03. The number of furan rings is 1. The molecule has 0 saturated heterocycles. The predicted molar refractivity (Wildman–Crippen MR) is 80.2 cm³/mol. The van der Waals surface area contributed by atoms with Gasteiger partial charge >= 0.3 is 0 Å². The molecule has 0 bridgehead atoms. The Bertz CT molecular complexity index is 727. The largest absolute Gasteiger partial charge is 0.465 e. The highest BCUT2D eigenvalue weighted by Crippen LogP contribution is 2.16. The molecule has 2 aromatic rings. The average Bonchev–Trinajstić information content (AvgIpc) is 2.91. The fraction of sp³-hybridized carbons (Fsp3) is 0.133. The Morgan fingerprint density at radius 2 is 1.85 bits per heavy atom. The van der Waals surface area contributed by atoms with Crippen LogP contribution in [0.15, 0.2) is 63.6 Å². The van der Waals surface area contributed by atoms with Crippen molar-refractivity contribution in [2.24, 2.45) is 4.40 Å². The summed E-state index contributed by atoms with van der Waals surface area (Å²) in [6.07, 6.45) is 4.35. The molecule has 0 aliphatic rings. The van der Waals surface area contributed by atoms with E-state index in [0.717, 1.165) is 17.4 Å². The van der Waals surface area contributed by atoms with E-state index in [2.05, 4.69) is 4.40 Å². The van der Waals surface area contributed by atoms with Crippen molar-refractivity contribution in [3.05, 3.63) is 66.1 Å². The first-order valence-electron chi connectivity index (χ1n) is 6.03. The van der Waals surface area contributed by atoms with Crippen molar-refractivity contribution < 1.29 is 12.8 Å². The van der Waals surface area contributed by atoms with E-state index in [0.29, 0.717) is 11.5 Å². The molecule has 20 heavy (non-hydrogen) atoms. The summed E-state index contributed by atoms with van der Waals surface area (Å²) < 4.78 is 32.0. The monoisotopic (exact) mass is 289 g/mol. The van der Waals surface area contributed by atoms with Gasteiger partial charge < -0.3 is 4.42 Å². The van der Waals surface area contributed by atoms with Gasteiger partial charge in [0.1, 0.15) is 5.76 Å². The van der Waals surface area contributed by atoms with E-state index >= 15 is 0 Å². The van der Waals surface area contributed by atoms with Gasteiger partial charge in [0.15, 0.2) is 0 Å². The van der Waals surface area contributed by atoms with Crippen molar-refractivity contribution in [2.45, 2.75) is 6.92 Å². The highest BCUT2D eigenvalue weighted by atomic mass is 32.2. The summed E-state index contributed by atoms with van der Waals surface area (Å²) in [5, 5.41) is 0. The van der Waals surface area contributed by atoms with Crippen LogP contribution in [0.25, 0.3) is 5.57 Å². The number of sulfonamides is 1. The fourth-order valence-electron chi connectivity index (χ4n) is 1.73. The van der Waals surface area contributed by atoms with Crippen molar-refractivity contribution in [1.29, 1.82) is 0 Å². The van der Waals surface area contributed by atoms with E-state index in [1.54, 1.807) is 18.4 Å². The molecular formula is C15H15NO3S. The molecule has 1 heterocycles. The molecule has 0 radical (unpaired) electrons. The standard InChI is InChI=1S/C15H15NO3S/c1-12(15-9-6-10-19-15)11-14(16-20(2,17)18)13-7-4-3-5-8-13/h3-11H,1-2H3/b12-11+,16-14-. The Morgan fingerprint density at radius 3 is 2.40 bits per heavy atom. The molecule has 0 aliphatic carbocycles. The lowest BCUT2D eigenvalue weighted by Crippen LogP contribution is -2.02. The zero-order valence-electron chi connectivity index (χ0n) is 11.3. The Kier molecular flexibility index (Phi) is 4.20. The van der Waals surface area contributed by atoms with Gasteiger partial charge in [0.05, 0.1) is 18.2 Å². The summed E-state index contributed by atoms with van der Waals surface area (Å²) in [6.45, 7) is 1.85. The number of allylic oxidation sites excluding steroid dienone is 2. The maximum Gasteiger partial charge on any atom is 0.250 e. The third kappa shape index (κ3) is 3.93. The van der Waals surface area contributed by atoms with Crippen molar-refractivity contribution in [2.75, 3.05) is 6.26 Å². The van der Waals surface area contributed by atoms with Gasteiger partial charge in [-0.25, -0.2) is 8.42 Å². The molecule has 0 atom stereocenters. The van der Waals surface area contributed by atoms with E-state index in [-0.39, 0.29) is 0 Å². The van der Waals surface area contributed by atoms with E-state index in [1.165, 1.54) is 0 Å². The van der Waals surface area contributed by atoms with Gasteiger partial charge in [-0.3, -0.25) is 0 Å². The van der Waals surface area contributed by atoms with Gasteiger partial charge in [-0.05, 0) is 30.7 Å². The molecule has 0 fully saturated rings. The predicted octanol–water partition coefficient (Wildman–Crippen LogP) is 3.13. The van der Waals surface area contributed by atoms with E-state index in [4.69, 9.17) is 4.42 Å². The van der Waals surface area contributed by atoms with Crippen LogP contribution in [0.3, 0.4) is 0 Å². The molecule has 5 heteroatoms. The maximum absolute atomic E-state index is 11.4. The minimum absolute atomic E-state index is 0.391. The van der Waals surface area contributed by atoms with E-state index in [9.17, 15) is 8.42 Å². The van der Waals surface area contributed by atoms with Crippen LogP contribution in [0.4, 0.5) is 0 Å². The summed E-state index contributed by atoms with van der Waals surface area (Å²) in [7, 11) is -3.47. The molecule has 1 aromatic heterocycles.